The van der Waals surface area contributed by atoms with Crippen LogP contribution < -0.4 is 5.32 Å². The van der Waals surface area contributed by atoms with Crippen molar-refractivity contribution in [2.45, 2.75) is 32.2 Å². The molecule has 2 aromatic rings. The Bertz CT molecular complexity index is 571. The lowest BCUT2D eigenvalue weighted by Crippen LogP contribution is -2.16. The van der Waals surface area contributed by atoms with E-state index in [1.165, 1.54) is 0 Å². The molecule has 2 rings (SSSR count). The number of nitrogens with zero attached hydrogens (tertiary/aromatic N) is 2. The summed E-state index contributed by atoms with van der Waals surface area (Å²) in [6.45, 7) is 2.01. The van der Waals surface area contributed by atoms with E-state index >= 15 is 0 Å². The van der Waals surface area contributed by atoms with E-state index in [1.54, 1.807) is 6.20 Å². The van der Waals surface area contributed by atoms with Crippen molar-refractivity contribution in [1.29, 1.82) is 0 Å². The van der Waals surface area contributed by atoms with Gasteiger partial charge in [0.05, 0.1) is 17.2 Å². The third kappa shape index (κ3) is 3.91. The molecule has 100 valence electrons. The van der Waals surface area contributed by atoms with Crippen molar-refractivity contribution >= 4 is 22.8 Å². The number of hydrogen-bond acceptors (Lipinski definition) is 4. The molecular weight excluding hydrogens is 242 g/mol. The smallest absolute Gasteiger partial charge is 0.303 e. The number of aliphatic carboxylic acids is 1. The first-order chi connectivity index (χ1) is 9.15. The van der Waals surface area contributed by atoms with Gasteiger partial charge in [0.1, 0.15) is 5.82 Å². The van der Waals surface area contributed by atoms with Crippen molar-refractivity contribution in [3.63, 3.8) is 0 Å². The molecule has 2 N–H and O–H groups in total. The van der Waals surface area contributed by atoms with Gasteiger partial charge in [-0.3, -0.25) is 9.78 Å². The highest BCUT2D eigenvalue weighted by molar-refractivity contribution is 5.75. The summed E-state index contributed by atoms with van der Waals surface area (Å²) in [7, 11) is 0. The van der Waals surface area contributed by atoms with Crippen LogP contribution in [0.15, 0.2) is 30.5 Å². The van der Waals surface area contributed by atoms with Gasteiger partial charge in [-0.05, 0) is 31.9 Å². The third-order valence-electron chi connectivity index (χ3n) is 2.87. The van der Waals surface area contributed by atoms with Gasteiger partial charge in [-0.25, -0.2) is 4.98 Å². The predicted molar refractivity (Wildman–Crippen MR) is 74.1 cm³/mol. The minimum Gasteiger partial charge on any atom is -0.481 e. The second-order valence-electron chi connectivity index (χ2n) is 4.58. The molecular formula is C14H17N3O2. The molecule has 0 spiro atoms. The summed E-state index contributed by atoms with van der Waals surface area (Å²) in [5.41, 5.74) is 1.72. The van der Waals surface area contributed by atoms with Gasteiger partial charge in [-0.1, -0.05) is 12.1 Å². The molecule has 1 heterocycles. The zero-order valence-corrected chi connectivity index (χ0v) is 10.8. The molecule has 0 amide bonds. The predicted octanol–water partition coefficient (Wildman–Crippen LogP) is 2.69. The van der Waals surface area contributed by atoms with Crippen molar-refractivity contribution in [2.75, 3.05) is 5.32 Å². The number of para-hydroxylation sites is 2. The maximum atomic E-state index is 10.4. The number of anilines is 1. The van der Waals surface area contributed by atoms with E-state index in [-0.39, 0.29) is 12.5 Å². The molecule has 0 bridgehead atoms. The van der Waals surface area contributed by atoms with Gasteiger partial charge in [0.15, 0.2) is 0 Å². The highest BCUT2D eigenvalue weighted by Gasteiger charge is 2.06. The van der Waals surface area contributed by atoms with Crippen LogP contribution in [-0.4, -0.2) is 27.1 Å². The first-order valence-corrected chi connectivity index (χ1v) is 6.35. The molecule has 1 aromatic heterocycles. The number of carboxylic acid groups (broad SMARTS) is 1. The van der Waals surface area contributed by atoms with Gasteiger partial charge in [0.2, 0.25) is 0 Å². The summed E-state index contributed by atoms with van der Waals surface area (Å²) >= 11 is 0. The maximum absolute atomic E-state index is 10.4. The van der Waals surface area contributed by atoms with E-state index in [0.717, 1.165) is 23.3 Å². The number of benzene rings is 1. The van der Waals surface area contributed by atoms with Crippen LogP contribution in [0.3, 0.4) is 0 Å². The third-order valence-corrected chi connectivity index (χ3v) is 2.87. The van der Waals surface area contributed by atoms with Crippen LogP contribution in [0.5, 0.6) is 0 Å². The quantitative estimate of drug-likeness (QED) is 0.834. The van der Waals surface area contributed by atoms with Gasteiger partial charge < -0.3 is 10.4 Å². The van der Waals surface area contributed by atoms with Crippen molar-refractivity contribution in [3.8, 4) is 0 Å². The summed E-state index contributed by atoms with van der Waals surface area (Å²) in [6, 6.07) is 7.87. The normalized spacial score (nSPS) is 12.3. The van der Waals surface area contributed by atoms with Gasteiger partial charge in [-0.2, -0.15) is 0 Å². The van der Waals surface area contributed by atoms with Crippen LogP contribution in [0.2, 0.25) is 0 Å². The van der Waals surface area contributed by atoms with Gasteiger partial charge in [-0.15, -0.1) is 0 Å². The van der Waals surface area contributed by atoms with Crippen LogP contribution in [-0.2, 0) is 4.79 Å². The molecule has 19 heavy (non-hydrogen) atoms. The summed E-state index contributed by atoms with van der Waals surface area (Å²) in [6.07, 6.45) is 3.36. The number of carbonyl (C=O) groups is 1. The Hall–Kier alpha value is -2.17. The van der Waals surface area contributed by atoms with E-state index in [0.29, 0.717) is 6.42 Å². The molecule has 0 fully saturated rings. The largest absolute Gasteiger partial charge is 0.481 e. The Morgan fingerprint density at radius 3 is 2.84 bits per heavy atom. The molecule has 1 unspecified atom stereocenters. The molecule has 0 saturated heterocycles. The van der Waals surface area contributed by atoms with Gasteiger partial charge in [0.25, 0.3) is 0 Å². The topological polar surface area (TPSA) is 75.1 Å². The van der Waals surface area contributed by atoms with E-state index in [2.05, 4.69) is 15.3 Å². The average Bonchev–Trinajstić information content (AvgIpc) is 2.38. The number of hydrogen-bond donors (Lipinski definition) is 2. The fraction of sp³-hybridized carbons (Fsp3) is 0.357. The Kier molecular flexibility index (Phi) is 4.28. The number of nitrogens with one attached hydrogen (secondary N) is 1. The second-order valence-corrected chi connectivity index (χ2v) is 4.58. The lowest BCUT2D eigenvalue weighted by Gasteiger charge is -2.13. The average molecular weight is 259 g/mol. The molecule has 0 radical (unpaired) electrons. The summed E-state index contributed by atoms with van der Waals surface area (Å²) < 4.78 is 0. The summed E-state index contributed by atoms with van der Waals surface area (Å²) in [4.78, 5) is 19.2. The Morgan fingerprint density at radius 1 is 1.37 bits per heavy atom. The minimum absolute atomic E-state index is 0.176. The van der Waals surface area contributed by atoms with Gasteiger partial charge >= 0.3 is 5.97 Å². The first-order valence-electron chi connectivity index (χ1n) is 6.35. The first kappa shape index (κ1) is 13.3. The van der Waals surface area contributed by atoms with E-state index in [1.807, 2.05) is 31.2 Å². The zero-order chi connectivity index (χ0) is 13.7. The number of carboxylic acids is 1. The Labute approximate surface area is 111 Å². The van der Waals surface area contributed by atoms with Crippen molar-refractivity contribution in [1.82, 2.24) is 9.97 Å². The van der Waals surface area contributed by atoms with Crippen LogP contribution >= 0.6 is 0 Å². The minimum atomic E-state index is -0.752. The van der Waals surface area contributed by atoms with Gasteiger partial charge in [0, 0.05) is 12.5 Å². The monoisotopic (exact) mass is 259 g/mol. The second kappa shape index (κ2) is 6.13. The van der Waals surface area contributed by atoms with E-state index in [4.69, 9.17) is 5.11 Å². The molecule has 5 heteroatoms. The molecule has 5 nitrogen and oxygen atoms in total. The number of fused-ring (bicyclic) bond motifs is 1. The summed E-state index contributed by atoms with van der Waals surface area (Å²) in [5, 5.41) is 11.8. The van der Waals surface area contributed by atoms with E-state index in [9.17, 15) is 4.79 Å². The molecule has 0 aliphatic carbocycles. The molecule has 0 aliphatic rings. The fourth-order valence-electron chi connectivity index (χ4n) is 1.91. The molecule has 1 aromatic carbocycles. The van der Waals surface area contributed by atoms with Crippen molar-refractivity contribution in [2.24, 2.45) is 0 Å². The van der Waals surface area contributed by atoms with Crippen LogP contribution in [0.1, 0.15) is 26.2 Å². The Morgan fingerprint density at radius 2 is 2.11 bits per heavy atom. The number of rotatable bonds is 6. The lowest BCUT2D eigenvalue weighted by molar-refractivity contribution is -0.137. The molecule has 0 aliphatic heterocycles. The summed E-state index contributed by atoms with van der Waals surface area (Å²) in [5.74, 6) is -0.0285. The molecule has 1 atom stereocenters. The fourth-order valence-corrected chi connectivity index (χ4v) is 1.91. The highest BCUT2D eigenvalue weighted by atomic mass is 16.4. The van der Waals surface area contributed by atoms with Crippen LogP contribution in [0.4, 0.5) is 5.82 Å². The highest BCUT2D eigenvalue weighted by Crippen LogP contribution is 2.13. The molecule has 0 saturated carbocycles. The van der Waals surface area contributed by atoms with E-state index < -0.39 is 5.97 Å². The lowest BCUT2D eigenvalue weighted by atomic mass is 10.1. The standard InChI is InChI=1S/C14H17N3O2/c1-10(5-4-8-14(18)19)16-13-9-15-11-6-2-3-7-12(11)17-13/h2-3,6-7,9-10H,4-5,8H2,1H3,(H,16,17)(H,18,19). The number of aromatic nitrogens is 2. The van der Waals surface area contributed by atoms with Crippen LogP contribution in [0, 0.1) is 0 Å². The maximum Gasteiger partial charge on any atom is 0.303 e. The zero-order valence-electron chi connectivity index (χ0n) is 10.8. The SMILES string of the molecule is CC(CCCC(=O)O)Nc1cnc2ccccc2n1. The van der Waals surface area contributed by atoms with Crippen molar-refractivity contribution in [3.05, 3.63) is 30.5 Å². The van der Waals surface area contributed by atoms with Crippen molar-refractivity contribution < 1.29 is 9.90 Å². The Balaban J connectivity index is 1.95. The van der Waals surface area contributed by atoms with Crippen LogP contribution in [0.25, 0.3) is 11.0 Å².